The number of piperazine rings is 1. The maximum Gasteiger partial charge on any atom is 0.214 e. The fourth-order valence-corrected chi connectivity index (χ4v) is 3.89. The van der Waals surface area contributed by atoms with E-state index in [-0.39, 0.29) is 11.6 Å². The number of benzene rings is 1. The highest BCUT2D eigenvalue weighted by atomic mass is 16.5. The van der Waals surface area contributed by atoms with E-state index in [0.29, 0.717) is 0 Å². The van der Waals surface area contributed by atoms with Crippen molar-refractivity contribution >= 4 is 0 Å². The summed E-state index contributed by atoms with van der Waals surface area (Å²) < 4.78 is 7.39. The molecule has 0 bridgehead atoms. The van der Waals surface area contributed by atoms with Crippen LogP contribution in [0.3, 0.4) is 0 Å². The fourth-order valence-electron chi connectivity index (χ4n) is 3.89. The molecule has 1 aromatic carbocycles. The van der Waals surface area contributed by atoms with Crippen molar-refractivity contribution in [1.29, 1.82) is 0 Å². The molecule has 7 heteroatoms. The van der Waals surface area contributed by atoms with Crippen LogP contribution < -0.4 is 14.5 Å². The highest BCUT2D eigenvalue weighted by Crippen LogP contribution is 2.25. The Morgan fingerprint density at radius 1 is 1.11 bits per heavy atom. The number of quaternary nitrogens is 2. The summed E-state index contributed by atoms with van der Waals surface area (Å²) in [6.07, 6.45) is 0.976. The molecule has 7 nitrogen and oxygen atoms in total. The third-order valence-electron chi connectivity index (χ3n) is 6.15. The van der Waals surface area contributed by atoms with Crippen molar-refractivity contribution in [3.05, 3.63) is 35.7 Å². The van der Waals surface area contributed by atoms with E-state index in [1.54, 1.807) is 16.9 Å². The van der Waals surface area contributed by atoms with Gasteiger partial charge in [0, 0.05) is 5.56 Å². The van der Waals surface area contributed by atoms with Gasteiger partial charge in [0.25, 0.3) is 0 Å². The van der Waals surface area contributed by atoms with E-state index >= 15 is 0 Å². The Morgan fingerprint density at radius 3 is 2.33 bits per heavy atom. The molecule has 0 unspecified atom stereocenters. The Morgan fingerprint density at radius 2 is 1.78 bits per heavy atom. The van der Waals surface area contributed by atoms with E-state index in [9.17, 15) is 0 Å². The number of hydrogen-bond donors (Lipinski definition) is 2. The number of ether oxygens (including phenoxy) is 1. The molecule has 148 valence electrons. The van der Waals surface area contributed by atoms with Gasteiger partial charge < -0.3 is 14.5 Å². The zero-order valence-corrected chi connectivity index (χ0v) is 17.3. The quantitative estimate of drug-likeness (QED) is 0.700. The zero-order valence-electron chi connectivity index (χ0n) is 17.3. The molecular weight excluding hydrogens is 340 g/mol. The van der Waals surface area contributed by atoms with Gasteiger partial charge in [0.05, 0.1) is 19.2 Å². The lowest BCUT2D eigenvalue weighted by molar-refractivity contribution is -1.02. The first-order chi connectivity index (χ1) is 13.0. The third-order valence-corrected chi connectivity index (χ3v) is 6.15. The molecule has 1 saturated heterocycles. The number of rotatable bonds is 7. The molecule has 1 fully saturated rings. The second-order valence-electron chi connectivity index (χ2n) is 8.08. The standard InChI is InChI=1S/C20H32N6O/c1-6-20(3,4)26-19(21-22-23-26)18(16-8-10-17(27-5)11-9-16)25-14-12-24(7-2)13-15-25/h8-11,18H,6-7,12-15H2,1-5H3/p+2/t18-/m1/s1. The molecule has 0 aliphatic carbocycles. The molecule has 0 radical (unpaired) electrons. The maximum absolute atomic E-state index is 5.35. The largest absolute Gasteiger partial charge is 0.497 e. The number of tetrazole rings is 1. The molecule has 3 rings (SSSR count). The molecule has 1 aliphatic rings. The first-order valence-electron chi connectivity index (χ1n) is 10.1. The molecule has 1 atom stereocenters. The van der Waals surface area contributed by atoms with Crippen molar-refractivity contribution in [3.8, 4) is 5.75 Å². The molecule has 2 heterocycles. The summed E-state index contributed by atoms with van der Waals surface area (Å²) in [5.74, 6) is 1.84. The summed E-state index contributed by atoms with van der Waals surface area (Å²) in [6.45, 7) is 14.7. The Bertz CT molecular complexity index is 718. The number of likely N-dealkylation sites (N-methyl/N-ethyl adjacent to an activating group) is 1. The summed E-state index contributed by atoms with van der Waals surface area (Å²) >= 11 is 0. The van der Waals surface area contributed by atoms with Crippen molar-refractivity contribution in [2.24, 2.45) is 0 Å². The SMILES string of the molecule is CC[NH+]1CC[NH+]([C@H](c2ccc(OC)cc2)c2nnnn2C(C)(C)CC)CC1. The summed E-state index contributed by atoms with van der Waals surface area (Å²) in [5.41, 5.74) is 1.13. The van der Waals surface area contributed by atoms with E-state index in [1.165, 1.54) is 25.2 Å². The number of hydrogen-bond acceptors (Lipinski definition) is 4. The fraction of sp³-hybridized carbons (Fsp3) is 0.650. The van der Waals surface area contributed by atoms with Crippen LogP contribution in [0.1, 0.15) is 51.5 Å². The van der Waals surface area contributed by atoms with Gasteiger partial charge in [-0.1, -0.05) is 6.92 Å². The van der Waals surface area contributed by atoms with Crippen LogP contribution in [0.25, 0.3) is 0 Å². The van der Waals surface area contributed by atoms with Gasteiger partial charge in [0.1, 0.15) is 31.9 Å². The average molecular weight is 375 g/mol. The first-order valence-corrected chi connectivity index (χ1v) is 10.1. The second-order valence-corrected chi connectivity index (χ2v) is 8.08. The summed E-state index contributed by atoms with van der Waals surface area (Å²) in [7, 11) is 1.70. The van der Waals surface area contributed by atoms with Crippen molar-refractivity contribution < 1.29 is 14.5 Å². The number of aromatic nitrogens is 4. The van der Waals surface area contributed by atoms with Gasteiger partial charge in [0.2, 0.25) is 5.82 Å². The van der Waals surface area contributed by atoms with E-state index in [4.69, 9.17) is 4.74 Å². The lowest BCUT2D eigenvalue weighted by atomic mass is 9.99. The molecule has 2 aromatic rings. The van der Waals surface area contributed by atoms with Crippen LogP contribution in [0.5, 0.6) is 5.75 Å². The molecule has 0 spiro atoms. The summed E-state index contributed by atoms with van der Waals surface area (Å²) in [5, 5.41) is 12.9. The molecular formula is C20H34N6O+2. The third kappa shape index (κ3) is 4.14. The number of nitrogens with zero attached hydrogens (tertiary/aromatic N) is 4. The van der Waals surface area contributed by atoms with Gasteiger partial charge in [-0.15, -0.1) is 5.10 Å². The van der Waals surface area contributed by atoms with Crippen LogP contribution in [-0.2, 0) is 5.54 Å². The monoisotopic (exact) mass is 374 g/mol. The zero-order chi connectivity index (χ0) is 19.4. The lowest BCUT2D eigenvalue weighted by Crippen LogP contribution is -3.28. The smallest absolute Gasteiger partial charge is 0.214 e. The van der Waals surface area contributed by atoms with Crippen molar-refractivity contribution in [2.45, 2.75) is 45.7 Å². The predicted octanol–water partition coefficient (Wildman–Crippen LogP) is -0.280. The van der Waals surface area contributed by atoms with E-state index < -0.39 is 0 Å². The summed E-state index contributed by atoms with van der Waals surface area (Å²) in [4.78, 5) is 3.22. The summed E-state index contributed by atoms with van der Waals surface area (Å²) in [6, 6.07) is 8.53. The molecule has 2 N–H and O–H groups in total. The maximum atomic E-state index is 5.35. The second kappa shape index (κ2) is 8.35. The van der Waals surface area contributed by atoms with E-state index in [1.807, 2.05) is 16.8 Å². The highest BCUT2D eigenvalue weighted by Gasteiger charge is 2.37. The molecule has 0 amide bonds. The Hall–Kier alpha value is -1.99. The predicted molar refractivity (Wildman–Crippen MR) is 104 cm³/mol. The molecule has 1 aromatic heterocycles. The Kier molecular flexibility index (Phi) is 6.11. The average Bonchev–Trinajstić information content (AvgIpc) is 3.19. The van der Waals surface area contributed by atoms with Crippen molar-refractivity contribution in [3.63, 3.8) is 0 Å². The first kappa shape index (κ1) is 19.8. The van der Waals surface area contributed by atoms with E-state index in [0.717, 1.165) is 31.1 Å². The van der Waals surface area contributed by atoms with Gasteiger partial charge in [-0.05, 0) is 61.9 Å². The van der Waals surface area contributed by atoms with Crippen LogP contribution >= 0.6 is 0 Å². The van der Waals surface area contributed by atoms with Gasteiger partial charge in [0.15, 0.2) is 6.04 Å². The highest BCUT2D eigenvalue weighted by molar-refractivity contribution is 5.30. The molecule has 27 heavy (non-hydrogen) atoms. The minimum atomic E-state index is -0.112. The van der Waals surface area contributed by atoms with Crippen LogP contribution in [0.15, 0.2) is 24.3 Å². The van der Waals surface area contributed by atoms with E-state index in [2.05, 4.69) is 55.4 Å². The number of nitrogens with one attached hydrogen (secondary N) is 2. The Balaban J connectivity index is 1.99. The molecule has 0 saturated carbocycles. The topological polar surface area (TPSA) is 61.7 Å². The lowest BCUT2D eigenvalue weighted by Gasteiger charge is -2.35. The number of methoxy groups -OCH3 is 1. The van der Waals surface area contributed by atoms with Gasteiger partial charge in [-0.25, -0.2) is 4.68 Å². The minimum Gasteiger partial charge on any atom is -0.497 e. The van der Waals surface area contributed by atoms with Gasteiger partial charge in [-0.2, -0.15) is 0 Å². The van der Waals surface area contributed by atoms with Crippen LogP contribution in [-0.4, -0.2) is 60.0 Å². The van der Waals surface area contributed by atoms with Gasteiger partial charge >= 0.3 is 0 Å². The normalized spacial score (nSPS) is 21.8. The van der Waals surface area contributed by atoms with Crippen molar-refractivity contribution in [2.75, 3.05) is 39.8 Å². The van der Waals surface area contributed by atoms with Crippen LogP contribution in [0.2, 0.25) is 0 Å². The van der Waals surface area contributed by atoms with Gasteiger partial charge in [-0.3, -0.25) is 0 Å². The minimum absolute atomic E-state index is 0.112. The Labute approximate surface area is 162 Å². The molecule has 1 aliphatic heterocycles. The van der Waals surface area contributed by atoms with Crippen molar-refractivity contribution in [1.82, 2.24) is 20.2 Å². The van der Waals surface area contributed by atoms with Crippen LogP contribution in [0.4, 0.5) is 0 Å². The van der Waals surface area contributed by atoms with Crippen LogP contribution in [0, 0.1) is 0 Å².